The third kappa shape index (κ3) is 3.42. The van der Waals surface area contributed by atoms with Crippen molar-refractivity contribution >= 4 is 17.3 Å². The van der Waals surface area contributed by atoms with Gasteiger partial charge in [-0.05, 0) is 19.1 Å². The van der Waals surface area contributed by atoms with E-state index in [1.807, 2.05) is 24.3 Å². The van der Waals surface area contributed by atoms with Crippen molar-refractivity contribution in [2.45, 2.75) is 13.5 Å². The molecule has 0 saturated carbocycles. The maximum atomic E-state index is 10.5. The van der Waals surface area contributed by atoms with Crippen LogP contribution in [0, 0.1) is 6.92 Å². The molecule has 0 atom stereocenters. The number of aromatic nitrogens is 3. The fraction of sp³-hybridized carbons (Fsp3) is 0.125. The van der Waals surface area contributed by atoms with E-state index in [4.69, 9.17) is 5.11 Å². The van der Waals surface area contributed by atoms with Crippen molar-refractivity contribution in [1.29, 1.82) is 0 Å². The number of aliphatic hydroxyl groups is 1. The molecular formula is C16H15N3O3. The fourth-order valence-electron chi connectivity index (χ4n) is 1.82. The number of aryl methyl sites for hydroxylation is 1. The van der Waals surface area contributed by atoms with Gasteiger partial charge in [-0.1, -0.05) is 12.1 Å². The normalized spacial score (nSPS) is 9.91. The summed E-state index contributed by atoms with van der Waals surface area (Å²) in [6, 6.07) is 7.80. The fourth-order valence-corrected chi connectivity index (χ4v) is 1.82. The van der Waals surface area contributed by atoms with Gasteiger partial charge in [-0.3, -0.25) is 19.7 Å². The van der Waals surface area contributed by atoms with Crippen LogP contribution in [0.1, 0.15) is 21.6 Å². The Morgan fingerprint density at radius 1 is 1.09 bits per heavy atom. The van der Waals surface area contributed by atoms with Crippen LogP contribution in [-0.4, -0.2) is 31.5 Å². The van der Waals surface area contributed by atoms with E-state index in [2.05, 4.69) is 15.0 Å². The second kappa shape index (κ2) is 7.24. The minimum atomic E-state index is -0.297. The number of carbonyl (C=O) groups is 1. The molecule has 3 rings (SSSR count). The van der Waals surface area contributed by atoms with Crippen molar-refractivity contribution < 1.29 is 15.0 Å². The Kier molecular flexibility index (Phi) is 5.11. The molecule has 0 radical (unpaired) electrons. The summed E-state index contributed by atoms with van der Waals surface area (Å²) < 4.78 is 0. The number of aromatic hydroxyl groups is 1. The molecule has 0 unspecified atom stereocenters. The Morgan fingerprint density at radius 3 is 2.18 bits per heavy atom. The van der Waals surface area contributed by atoms with Crippen molar-refractivity contribution in [1.82, 2.24) is 15.0 Å². The summed E-state index contributed by atoms with van der Waals surface area (Å²) in [5, 5.41) is 18.1. The van der Waals surface area contributed by atoms with Crippen LogP contribution in [0.15, 0.2) is 42.9 Å². The van der Waals surface area contributed by atoms with Gasteiger partial charge in [0.1, 0.15) is 5.75 Å². The molecular weight excluding hydrogens is 282 g/mol. The molecule has 2 N–H and O–H groups in total. The molecule has 2 aromatic heterocycles. The number of rotatable bonds is 2. The molecule has 0 fully saturated rings. The van der Waals surface area contributed by atoms with Gasteiger partial charge in [-0.2, -0.15) is 0 Å². The van der Waals surface area contributed by atoms with Crippen LogP contribution in [0.4, 0.5) is 0 Å². The summed E-state index contributed by atoms with van der Waals surface area (Å²) in [5.74, 6) is -0.156. The minimum absolute atomic E-state index is 0.116. The van der Waals surface area contributed by atoms with Gasteiger partial charge >= 0.3 is 0 Å². The maximum Gasteiger partial charge on any atom is 0.154 e. The number of carbonyl (C=O) groups excluding carboxylic acids is 1. The van der Waals surface area contributed by atoms with Crippen molar-refractivity contribution in [2.24, 2.45) is 0 Å². The highest BCUT2D eigenvalue weighted by Gasteiger charge is 2.09. The lowest BCUT2D eigenvalue weighted by Crippen LogP contribution is -1.96. The van der Waals surface area contributed by atoms with Crippen LogP contribution >= 0.6 is 0 Å². The first kappa shape index (κ1) is 15.5. The van der Waals surface area contributed by atoms with E-state index in [-0.39, 0.29) is 17.9 Å². The van der Waals surface area contributed by atoms with Crippen LogP contribution in [-0.2, 0) is 6.61 Å². The SMILES string of the molecule is Cc1ncc(CO)c(C=O)c1O.c1ccc2nccnc2c1. The first-order chi connectivity index (χ1) is 10.7. The molecule has 0 aliphatic rings. The summed E-state index contributed by atoms with van der Waals surface area (Å²) in [6.45, 7) is 1.29. The number of benzene rings is 1. The predicted octanol–water partition coefficient (Wildman–Crippen LogP) is 2.03. The van der Waals surface area contributed by atoms with Gasteiger partial charge in [-0.25, -0.2) is 0 Å². The smallest absolute Gasteiger partial charge is 0.154 e. The highest BCUT2D eigenvalue weighted by molar-refractivity contribution is 5.81. The monoisotopic (exact) mass is 297 g/mol. The minimum Gasteiger partial charge on any atom is -0.505 e. The molecule has 0 saturated heterocycles. The van der Waals surface area contributed by atoms with E-state index < -0.39 is 0 Å². The average Bonchev–Trinajstić information content (AvgIpc) is 2.58. The Hall–Kier alpha value is -2.86. The summed E-state index contributed by atoms with van der Waals surface area (Å²) in [7, 11) is 0. The molecule has 1 aromatic carbocycles. The standard InChI is InChI=1S/C8H6N2.C8H9NO3/c1-2-4-8-7(3-1)9-5-6-10-8;1-5-8(12)7(4-11)6(3-10)2-9-5/h1-6H;2,4,10,12H,3H2,1H3. The molecule has 0 spiro atoms. The van der Waals surface area contributed by atoms with Gasteiger partial charge in [0.25, 0.3) is 0 Å². The van der Waals surface area contributed by atoms with Crippen LogP contribution in [0.2, 0.25) is 0 Å². The molecule has 6 heteroatoms. The first-order valence-corrected chi connectivity index (χ1v) is 6.56. The van der Waals surface area contributed by atoms with Crippen molar-refractivity contribution in [3.8, 4) is 5.75 Å². The van der Waals surface area contributed by atoms with Gasteiger partial charge in [0.2, 0.25) is 0 Å². The predicted molar refractivity (Wildman–Crippen MR) is 81.5 cm³/mol. The Labute approximate surface area is 127 Å². The maximum absolute atomic E-state index is 10.5. The van der Waals surface area contributed by atoms with Gasteiger partial charge in [0, 0.05) is 24.2 Å². The third-order valence-corrected chi connectivity index (χ3v) is 3.02. The van der Waals surface area contributed by atoms with Crippen LogP contribution in [0.3, 0.4) is 0 Å². The van der Waals surface area contributed by atoms with Gasteiger partial charge in [0.15, 0.2) is 6.29 Å². The molecule has 2 heterocycles. The number of para-hydroxylation sites is 2. The number of hydrogen-bond donors (Lipinski definition) is 2. The van der Waals surface area contributed by atoms with E-state index in [1.54, 1.807) is 19.3 Å². The Morgan fingerprint density at radius 2 is 1.68 bits per heavy atom. The lowest BCUT2D eigenvalue weighted by atomic mass is 10.1. The van der Waals surface area contributed by atoms with Gasteiger partial charge in [-0.15, -0.1) is 0 Å². The van der Waals surface area contributed by atoms with Crippen molar-refractivity contribution in [3.63, 3.8) is 0 Å². The quantitative estimate of drug-likeness (QED) is 0.703. The summed E-state index contributed by atoms with van der Waals surface area (Å²) in [6.07, 6.45) is 5.28. The largest absolute Gasteiger partial charge is 0.505 e. The van der Waals surface area contributed by atoms with Crippen molar-refractivity contribution in [3.05, 3.63) is 59.7 Å². The molecule has 3 aromatic rings. The zero-order valence-electron chi connectivity index (χ0n) is 12.0. The molecule has 0 aliphatic carbocycles. The highest BCUT2D eigenvalue weighted by Crippen LogP contribution is 2.21. The number of pyridine rings is 1. The molecule has 0 aliphatic heterocycles. The zero-order chi connectivity index (χ0) is 15.9. The van der Waals surface area contributed by atoms with Crippen LogP contribution in [0.25, 0.3) is 11.0 Å². The molecule has 0 amide bonds. The summed E-state index contributed by atoms with van der Waals surface area (Å²) in [5.41, 5.74) is 2.74. The molecule has 0 bridgehead atoms. The van der Waals surface area contributed by atoms with Crippen LogP contribution < -0.4 is 0 Å². The second-order valence-corrected chi connectivity index (χ2v) is 4.45. The van der Waals surface area contributed by atoms with E-state index in [0.717, 1.165) is 11.0 Å². The topological polar surface area (TPSA) is 96.2 Å². The zero-order valence-corrected chi connectivity index (χ0v) is 12.0. The number of aliphatic hydroxyl groups excluding tert-OH is 1. The van der Waals surface area contributed by atoms with Gasteiger partial charge in [0.05, 0.1) is 28.9 Å². The van der Waals surface area contributed by atoms with E-state index in [9.17, 15) is 9.90 Å². The van der Waals surface area contributed by atoms with E-state index in [0.29, 0.717) is 17.5 Å². The number of hydrogen-bond acceptors (Lipinski definition) is 6. The second-order valence-electron chi connectivity index (χ2n) is 4.45. The Bertz CT molecular complexity index is 725. The van der Waals surface area contributed by atoms with Crippen LogP contribution in [0.5, 0.6) is 5.75 Å². The average molecular weight is 297 g/mol. The van der Waals surface area contributed by atoms with E-state index >= 15 is 0 Å². The number of aldehydes is 1. The lowest BCUT2D eigenvalue weighted by Gasteiger charge is -2.04. The molecule has 22 heavy (non-hydrogen) atoms. The van der Waals surface area contributed by atoms with Gasteiger partial charge < -0.3 is 10.2 Å². The van der Waals surface area contributed by atoms with E-state index in [1.165, 1.54) is 6.20 Å². The first-order valence-electron chi connectivity index (χ1n) is 6.56. The third-order valence-electron chi connectivity index (χ3n) is 3.02. The Balaban J connectivity index is 0.000000162. The summed E-state index contributed by atoms with van der Waals surface area (Å²) >= 11 is 0. The lowest BCUT2D eigenvalue weighted by molar-refractivity contribution is 0.111. The summed E-state index contributed by atoms with van der Waals surface area (Å²) in [4.78, 5) is 22.5. The number of fused-ring (bicyclic) bond motifs is 1. The highest BCUT2D eigenvalue weighted by atomic mass is 16.3. The van der Waals surface area contributed by atoms with Crippen molar-refractivity contribution in [2.75, 3.05) is 0 Å². The molecule has 112 valence electrons. The molecule has 6 nitrogen and oxygen atoms in total. The number of nitrogens with zero attached hydrogens (tertiary/aromatic N) is 3.